The van der Waals surface area contributed by atoms with Crippen molar-refractivity contribution in [3.8, 4) is 0 Å². The number of carboxylic acid groups (broad SMARTS) is 3. The minimum atomic E-state index is -2.05. The van der Waals surface area contributed by atoms with Crippen molar-refractivity contribution in [1.29, 1.82) is 0 Å². The average Bonchev–Trinajstić information content (AvgIpc) is 2.19. The Labute approximate surface area is 96.5 Å². The number of hydrogen-bond donors (Lipinski definition) is 0. The Morgan fingerprint density at radius 3 is 0.647 bits per heavy atom. The maximum atomic E-state index is 8.72. The van der Waals surface area contributed by atoms with Crippen LogP contribution in [0.4, 0.5) is 14.4 Å². The Hall–Kier alpha value is -2.18. The first-order valence-electron chi connectivity index (χ1n) is 2.34. The van der Waals surface area contributed by atoms with E-state index >= 15 is 0 Å². The first-order chi connectivity index (χ1) is 6.81. The topological polar surface area (TPSA) is 217 Å². The molecular formula is C3B2O12. The molecule has 0 atom stereocenters. The van der Waals surface area contributed by atoms with Gasteiger partial charge >= 0.3 is 16.8 Å². The van der Waals surface area contributed by atoms with Gasteiger partial charge in [0.1, 0.15) is 0 Å². The molecule has 0 aliphatic heterocycles. The molecule has 0 heterocycles. The first kappa shape index (κ1) is 29.4. The minimum absolute atomic E-state index is 0. The molecule has 0 saturated heterocycles. The summed E-state index contributed by atoms with van der Waals surface area (Å²) < 4.78 is 0. The molecular weight excluding hydrogens is 250 g/mol. The molecule has 0 aliphatic carbocycles. The van der Waals surface area contributed by atoms with Gasteiger partial charge in [0.15, 0.2) is 0 Å². The van der Waals surface area contributed by atoms with Crippen LogP contribution in [0.15, 0.2) is 0 Å². The number of hydrogen-bond acceptors (Lipinski definition) is 12. The van der Waals surface area contributed by atoms with Crippen LogP contribution in [0.3, 0.4) is 0 Å². The summed E-state index contributed by atoms with van der Waals surface area (Å²) in [5, 5.41) is 51.6. The summed E-state index contributed by atoms with van der Waals surface area (Å²) in [4.78, 5) is 33.1. The van der Waals surface area contributed by atoms with E-state index in [9.17, 15) is 0 Å². The second-order valence-corrected chi connectivity index (χ2v) is 1.00. The second-order valence-electron chi connectivity index (χ2n) is 1.00. The van der Waals surface area contributed by atoms with Crippen molar-refractivity contribution >= 4 is 35.3 Å². The molecule has 0 radical (unpaired) electrons. The standard InChI is InChI=1S/3CH2O4.2B/c3*2-1(3)5-4;;/h3*4H,(H,2,3);;/q;;;2*+3/p-6. The van der Waals surface area contributed by atoms with E-state index in [0.717, 1.165) is 0 Å². The van der Waals surface area contributed by atoms with Crippen LogP contribution in [0, 0.1) is 0 Å². The molecule has 0 unspecified atom stereocenters. The Morgan fingerprint density at radius 2 is 0.647 bits per heavy atom. The largest absolute Gasteiger partial charge is 3.00 e. The van der Waals surface area contributed by atoms with Crippen LogP contribution < -0.4 is 31.1 Å². The second kappa shape index (κ2) is 23.6. The molecule has 0 rings (SSSR count). The molecule has 14 heteroatoms. The van der Waals surface area contributed by atoms with Crippen molar-refractivity contribution in [3.05, 3.63) is 0 Å². The summed E-state index contributed by atoms with van der Waals surface area (Å²) in [6.45, 7) is 0. The van der Waals surface area contributed by atoms with Gasteiger partial charge in [0.25, 0.3) is 0 Å². The predicted molar refractivity (Wildman–Crippen MR) is 31.0 cm³/mol. The summed E-state index contributed by atoms with van der Waals surface area (Å²) in [6, 6.07) is 0. The van der Waals surface area contributed by atoms with Gasteiger partial charge in [0.2, 0.25) is 18.5 Å². The quantitative estimate of drug-likeness (QED) is 0.222. The molecule has 0 saturated carbocycles. The van der Waals surface area contributed by atoms with Crippen molar-refractivity contribution in [2.24, 2.45) is 0 Å². The zero-order valence-electron chi connectivity index (χ0n) is 7.55. The van der Waals surface area contributed by atoms with Gasteiger partial charge in [0, 0.05) is 0 Å². The predicted octanol–water partition coefficient (Wildman–Crippen LogP) is -7.90. The third-order valence-electron chi connectivity index (χ3n) is 0.204. The van der Waals surface area contributed by atoms with Gasteiger partial charge in [-0.3, -0.25) is 0 Å². The van der Waals surface area contributed by atoms with E-state index in [1.165, 1.54) is 0 Å². The molecule has 0 fully saturated rings. The molecule has 0 aromatic rings. The molecule has 12 nitrogen and oxygen atoms in total. The van der Waals surface area contributed by atoms with E-state index in [1.54, 1.807) is 0 Å². The number of carbonyl (C=O) groups is 3. The molecule has 0 aliphatic rings. The molecule has 0 amide bonds. The van der Waals surface area contributed by atoms with Crippen molar-refractivity contribution in [2.75, 3.05) is 0 Å². The summed E-state index contributed by atoms with van der Waals surface area (Å²) in [5.41, 5.74) is 0. The van der Waals surface area contributed by atoms with Crippen LogP contribution in [0.25, 0.3) is 0 Å². The molecule has 0 bridgehead atoms. The number of carbonyl (C=O) groups excluding carboxylic acids is 3. The molecule has 17 heavy (non-hydrogen) atoms. The fourth-order valence-corrected chi connectivity index (χ4v) is 0. The van der Waals surface area contributed by atoms with E-state index in [2.05, 4.69) is 14.7 Å². The van der Waals surface area contributed by atoms with Crippen molar-refractivity contribution < 1.29 is 60.1 Å². The first-order valence-corrected chi connectivity index (χ1v) is 2.34. The molecule has 0 spiro atoms. The Morgan fingerprint density at radius 1 is 0.588 bits per heavy atom. The summed E-state index contributed by atoms with van der Waals surface area (Å²) in [5.74, 6) is 0. The van der Waals surface area contributed by atoms with Gasteiger partial charge in [-0.25, -0.2) is 0 Å². The molecule has 0 aromatic heterocycles. The zero-order valence-corrected chi connectivity index (χ0v) is 7.55. The average molecular weight is 250 g/mol. The van der Waals surface area contributed by atoms with E-state index in [-0.39, 0.29) is 16.8 Å². The van der Waals surface area contributed by atoms with Gasteiger partial charge in [-0.1, -0.05) is 0 Å². The van der Waals surface area contributed by atoms with Gasteiger partial charge in [-0.05, 0) is 0 Å². The van der Waals surface area contributed by atoms with E-state index in [4.69, 9.17) is 45.5 Å². The minimum Gasteiger partial charge on any atom is -0.755 e. The van der Waals surface area contributed by atoms with E-state index in [0.29, 0.717) is 0 Å². The van der Waals surface area contributed by atoms with Crippen LogP contribution >= 0.6 is 0 Å². The summed E-state index contributed by atoms with van der Waals surface area (Å²) in [7, 11) is 0. The van der Waals surface area contributed by atoms with E-state index in [1.807, 2.05) is 0 Å². The summed E-state index contributed by atoms with van der Waals surface area (Å²) >= 11 is 0. The Balaban J connectivity index is -0.0000000400. The van der Waals surface area contributed by atoms with Crippen LogP contribution in [-0.2, 0) is 14.7 Å². The fourth-order valence-electron chi connectivity index (χ4n) is 0. The smallest absolute Gasteiger partial charge is 0.755 e. The van der Waals surface area contributed by atoms with Gasteiger partial charge in [0.05, 0.1) is 0 Å². The van der Waals surface area contributed by atoms with Gasteiger partial charge in [-0.15, -0.1) is 0 Å². The molecule has 90 valence electrons. The van der Waals surface area contributed by atoms with Crippen molar-refractivity contribution in [3.63, 3.8) is 0 Å². The maximum absolute atomic E-state index is 8.72. The fraction of sp³-hybridized carbons (Fsp3) is 0. The normalized spacial score (nSPS) is 5.82. The van der Waals surface area contributed by atoms with Crippen LogP contribution in [0.2, 0.25) is 0 Å². The SMILES string of the molecule is O=C([O-])O[O-].O=C([O-])O[O-].O=C([O-])O[O-].[B+3].[B+3]. The maximum Gasteiger partial charge on any atom is 3.00 e. The third-order valence-corrected chi connectivity index (χ3v) is 0.204. The Kier molecular flexibility index (Phi) is 40.7. The number of rotatable bonds is 0. The molecule has 0 aromatic carbocycles. The van der Waals surface area contributed by atoms with Crippen LogP contribution in [0.1, 0.15) is 0 Å². The van der Waals surface area contributed by atoms with Crippen LogP contribution in [-0.4, -0.2) is 35.3 Å². The monoisotopic (exact) mass is 250 g/mol. The van der Waals surface area contributed by atoms with Crippen molar-refractivity contribution in [1.82, 2.24) is 0 Å². The molecule has 0 N–H and O–H groups in total. The summed E-state index contributed by atoms with van der Waals surface area (Å²) in [6.07, 6.45) is -6.15. The Bertz CT molecular complexity index is 159. The van der Waals surface area contributed by atoms with E-state index < -0.39 is 18.5 Å². The van der Waals surface area contributed by atoms with Crippen molar-refractivity contribution in [2.45, 2.75) is 0 Å². The van der Waals surface area contributed by atoms with Gasteiger partial charge in [-0.2, -0.15) is 0 Å². The van der Waals surface area contributed by atoms with Gasteiger partial charge < -0.3 is 60.1 Å². The van der Waals surface area contributed by atoms with Crippen LogP contribution in [0.5, 0.6) is 0 Å². The third kappa shape index (κ3) is 132. The zero-order chi connectivity index (χ0) is 12.9.